The van der Waals surface area contributed by atoms with Gasteiger partial charge in [-0.05, 0) is 20.3 Å². The number of nitrogens with one attached hydrogen (secondary N) is 1. The highest BCUT2D eigenvalue weighted by Crippen LogP contribution is 2.30. The first-order chi connectivity index (χ1) is 11.8. The van der Waals surface area contributed by atoms with Gasteiger partial charge in [0.05, 0.1) is 17.8 Å². The average molecular weight is 365 g/mol. The minimum Gasteiger partial charge on any atom is -0.508 e. The van der Waals surface area contributed by atoms with Crippen molar-refractivity contribution >= 4 is 28.4 Å². The Kier molecular flexibility index (Phi) is 6.05. The number of nitrogens with zero attached hydrogens (tertiary/aromatic N) is 2. The summed E-state index contributed by atoms with van der Waals surface area (Å²) in [6.07, 6.45) is 1.35. The van der Waals surface area contributed by atoms with Crippen LogP contribution in [0, 0.1) is 0 Å². The molecule has 0 spiro atoms. The Bertz CT molecular complexity index is 771. The Labute approximate surface area is 150 Å². The van der Waals surface area contributed by atoms with Gasteiger partial charge in [0.1, 0.15) is 22.1 Å². The van der Waals surface area contributed by atoms with Gasteiger partial charge < -0.3 is 14.8 Å². The Balaban J connectivity index is 2.23. The lowest BCUT2D eigenvalue weighted by Gasteiger charge is -2.24. The molecule has 0 radical (unpaired) electrons. The predicted octanol–water partition coefficient (Wildman–Crippen LogP) is 2.30. The molecule has 2 rings (SSSR count). The zero-order valence-electron chi connectivity index (χ0n) is 14.8. The molecule has 2 N–H and O–H groups in total. The van der Waals surface area contributed by atoms with Crippen LogP contribution in [0.5, 0.6) is 5.75 Å². The number of hydrogen-bond donors (Lipinski definition) is 2. The summed E-state index contributed by atoms with van der Waals surface area (Å²) >= 11 is 1.50. The topological polar surface area (TPSA) is 104 Å². The molecule has 0 fully saturated rings. The van der Waals surface area contributed by atoms with Crippen molar-refractivity contribution in [2.45, 2.75) is 45.2 Å². The van der Waals surface area contributed by atoms with Crippen LogP contribution in [-0.2, 0) is 4.79 Å². The lowest BCUT2D eigenvalue weighted by Crippen LogP contribution is -2.45. The average Bonchev–Trinajstić information content (AvgIpc) is 2.96. The Morgan fingerprint density at radius 1 is 1.56 bits per heavy atom. The van der Waals surface area contributed by atoms with Gasteiger partial charge in [0.2, 0.25) is 5.91 Å². The van der Waals surface area contributed by atoms with Crippen LogP contribution in [0.15, 0.2) is 31.3 Å². The van der Waals surface area contributed by atoms with Crippen LogP contribution < -0.4 is 10.9 Å². The smallest absolute Gasteiger partial charge is 0.339 e. The molecule has 0 bridgehead atoms. The predicted molar refractivity (Wildman–Crippen MR) is 99.8 cm³/mol. The molecular weight excluding hydrogens is 342 g/mol. The molecule has 25 heavy (non-hydrogen) atoms. The lowest BCUT2D eigenvalue weighted by atomic mass is 10.0. The molecule has 1 aliphatic heterocycles. The second kappa shape index (κ2) is 7.86. The van der Waals surface area contributed by atoms with Crippen LogP contribution in [0.3, 0.4) is 0 Å². The van der Waals surface area contributed by atoms with Crippen molar-refractivity contribution in [3.8, 4) is 5.75 Å². The Hall–Kier alpha value is -2.09. The van der Waals surface area contributed by atoms with Gasteiger partial charge in [-0.15, -0.1) is 11.8 Å². The maximum atomic E-state index is 12.8. The molecule has 0 aliphatic carbocycles. The third-order valence-electron chi connectivity index (χ3n) is 3.97. The van der Waals surface area contributed by atoms with Gasteiger partial charge in [0, 0.05) is 18.9 Å². The molecule has 1 amide bonds. The quantitative estimate of drug-likeness (QED) is 0.753. The van der Waals surface area contributed by atoms with Gasteiger partial charge in [-0.3, -0.25) is 14.8 Å². The highest BCUT2D eigenvalue weighted by molar-refractivity contribution is 8.16. The Morgan fingerprint density at radius 2 is 2.28 bits per heavy atom. The highest BCUT2D eigenvalue weighted by Gasteiger charge is 2.39. The van der Waals surface area contributed by atoms with E-state index >= 15 is 0 Å². The molecule has 8 heteroatoms. The number of hydrogen-bond acceptors (Lipinski definition) is 7. The van der Waals surface area contributed by atoms with Crippen LogP contribution in [-0.4, -0.2) is 40.1 Å². The fraction of sp³-hybridized carbons (Fsp3) is 0.529. The normalized spacial score (nSPS) is 21.8. The van der Waals surface area contributed by atoms with Crippen molar-refractivity contribution in [1.29, 1.82) is 0 Å². The summed E-state index contributed by atoms with van der Waals surface area (Å²) in [6.45, 7) is 5.59. The second-order valence-electron chi connectivity index (χ2n) is 6.14. The third kappa shape index (κ3) is 4.50. The number of carbonyl (C=O) groups is 1. The zero-order chi connectivity index (χ0) is 18.6. The van der Waals surface area contributed by atoms with Crippen molar-refractivity contribution in [3.05, 3.63) is 28.3 Å². The van der Waals surface area contributed by atoms with Crippen molar-refractivity contribution in [2.24, 2.45) is 9.98 Å². The van der Waals surface area contributed by atoms with Crippen molar-refractivity contribution in [2.75, 3.05) is 12.8 Å². The fourth-order valence-corrected chi connectivity index (χ4v) is 3.62. The molecule has 1 aromatic rings. The Morgan fingerprint density at radius 3 is 2.88 bits per heavy atom. The second-order valence-corrected chi connectivity index (χ2v) is 7.10. The van der Waals surface area contributed by atoms with Gasteiger partial charge in [0.15, 0.2) is 0 Å². The van der Waals surface area contributed by atoms with E-state index in [1.54, 1.807) is 14.0 Å². The number of amides is 1. The largest absolute Gasteiger partial charge is 0.508 e. The van der Waals surface area contributed by atoms with E-state index in [-0.39, 0.29) is 17.4 Å². The monoisotopic (exact) mass is 365 g/mol. The molecule has 0 unspecified atom stereocenters. The van der Waals surface area contributed by atoms with Crippen molar-refractivity contribution in [3.63, 3.8) is 0 Å². The number of carbonyl (C=O) groups excluding carboxylic acids is 1. The van der Waals surface area contributed by atoms with E-state index in [2.05, 4.69) is 15.3 Å². The third-order valence-corrected chi connectivity index (χ3v) is 5.34. The molecule has 0 saturated heterocycles. The summed E-state index contributed by atoms with van der Waals surface area (Å²) in [4.78, 5) is 32.9. The maximum Gasteiger partial charge on any atom is 0.339 e. The van der Waals surface area contributed by atoms with Crippen molar-refractivity contribution < 1.29 is 14.3 Å². The zero-order valence-corrected chi connectivity index (χ0v) is 15.6. The number of aliphatic imine (C=N–C) groups is 2. The molecule has 2 atom stereocenters. The summed E-state index contributed by atoms with van der Waals surface area (Å²) < 4.78 is 5.16. The van der Waals surface area contributed by atoms with Gasteiger partial charge in [0.25, 0.3) is 0 Å². The van der Waals surface area contributed by atoms with Gasteiger partial charge in [-0.25, -0.2) is 4.79 Å². The first-order valence-electron chi connectivity index (χ1n) is 8.10. The molecule has 0 saturated carbocycles. The van der Waals surface area contributed by atoms with E-state index < -0.39 is 17.2 Å². The lowest BCUT2D eigenvalue weighted by molar-refractivity contribution is -0.125. The van der Waals surface area contributed by atoms with E-state index in [1.165, 1.54) is 17.8 Å². The summed E-state index contributed by atoms with van der Waals surface area (Å²) in [5.41, 5.74) is -0.761. The van der Waals surface area contributed by atoms with E-state index in [9.17, 15) is 14.7 Å². The highest BCUT2D eigenvalue weighted by atomic mass is 32.2. The number of thioether (sulfide) groups is 1. The minimum atomic E-state index is -0.908. The van der Waals surface area contributed by atoms with Gasteiger partial charge in [-0.1, -0.05) is 13.3 Å². The molecular formula is C17H23N3O4S. The SMILES string of the molecule is CCC[C@@H](NC(=O)[C@]1(C)CSC(C(C)=NC)=N1)c1cc(O)cc(=O)o1. The summed E-state index contributed by atoms with van der Waals surface area (Å²) in [5.74, 6) is 0.330. The van der Waals surface area contributed by atoms with E-state index in [0.717, 1.165) is 23.2 Å². The summed E-state index contributed by atoms with van der Waals surface area (Å²) in [6, 6.07) is 1.85. The van der Waals surface area contributed by atoms with Crippen LogP contribution >= 0.6 is 11.8 Å². The molecule has 0 aromatic carbocycles. The van der Waals surface area contributed by atoms with Crippen LogP contribution in [0.4, 0.5) is 0 Å². The van der Waals surface area contributed by atoms with Gasteiger partial charge in [-0.2, -0.15) is 0 Å². The molecule has 1 aliphatic rings. The fourth-order valence-electron chi connectivity index (χ4n) is 2.44. The number of aromatic hydroxyl groups is 1. The summed E-state index contributed by atoms with van der Waals surface area (Å²) in [5, 5.41) is 13.3. The van der Waals surface area contributed by atoms with E-state index in [0.29, 0.717) is 12.2 Å². The van der Waals surface area contributed by atoms with Crippen LogP contribution in [0.25, 0.3) is 0 Å². The van der Waals surface area contributed by atoms with E-state index in [4.69, 9.17) is 4.42 Å². The van der Waals surface area contributed by atoms with Crippen molar-refractivity contribution in [1.82, 2.24) is 5.32 Å². The van der Waals surface area contributed by atoms with Crippen LogP contribution in [0.2, 0.25) is 0 Å². The van der Waals surface area contributed by atoms with E-state index in [1.807, 2.05) is 13.8 Å². The first-order valence-corrected chi connectivity index (χ1v) is 9.09. The molecule has 7 nitrogen and oxygen atoms in total. The van der Waals surface area contributed by atoms with Gasteiger partial charge >= 0.3 is 5.63 Å². The molecule has 136 valence electrons. The first kappa shape index (κ1) is 19.2. The molecule has 2 heterocycles. The van der Waals surface area contributed by atoms with Crippen LogP contribution in [0.1, 0.15) is 45.4 Å². The minimum absolute atomic E-state index is 0.181. The molecule has 1 aromatic heterocycles. The summed E-state index contributed by atoms with van der Waals surface area (Å²) in [7, 11) is 1.69. The number of rotatable bonds is 6. The standard InChI is InChI=1S/C17H23N3O4S/c1-5-6-12(13-7-11(21)8-14(22)24-13)19-16(23)17(3)9-25-15(20-17)10(2)18-4/h7-8,12,21H,5-6,9H2,1-4H3,(H,19,23)/t12-,17+/m1/s1. The maximum absolute atomic E-state index is 12.8.